The summed E-state index contributed by atoms with van der Waals surface area (Å²) >= 11 is 0. The van der Waals surface area contributed by atoms with Gasteiger partial charge in [-0.1, -0.05) is 0 Å². The molecule has 3 heterocycles. The Hall–Kier alpha value is -1.71. The Morgan fingerprint density at radius 1 is 1.25 bits per heavy atom. The second-order valence-electron chi connectivity index (χ2n) is 5.88. The molecule has 0 radical (unpaired) electrons. The first-order valence-electron chi connectivity index (χ1n) is 8.15. The molecular weight excluding hydrogens is 332 g/mol. The van der Waals surface area contributed by atoms with Crippen LogP contribution in [0.5, 0.6) is 0 Å². The maximum absolute atomic E-state index is 12.5. The van der Waals surface area contributed by atoms with Gasteiger partial charge in [0, 0.05) is 25.8 Å². The summed E-state index contributed by atoms with van der Waals surface area (Å²) in [4.78, 5) is 16.3. The van der Waals surface area contributed by atoms with Crippen LogP contribution in [0, 0.1) is 0 Å². The Bertz CT molecular complexity index is 671. The SMILES string of the molecule is O=C1NCCCCC1Nc1ccc(S(=O)(=O)N2CCOCC2)cn1. The summed E-state index contributed by atoms with van der Waals surface area (Å²) in [5, 5.41) is 5.93. The minimum atomic E-state index is -3.54. The van der Waals surface area contributed by atoms with Crippen LogP contribution >= 0.6 is 0 Å². The third kappa shape index (κ3) is 3.85. The van der Waals surface area contributed by atoms with Gasteiger partial charge in [-0.25, -0.2) is 13.4 Å². The molecule has 2 N–H and O–H groups in total. The van der Waals surface area contributed by atoms with Crippen molar-refractivity contribution in [3.63, 3.8) is 0 Å². The molecule has 0 aromatic carbocycles. The van der Waals surface area contributed by atoms with Gasteiger partial charge < -0.3 is 15.4 Å². The summed E-state index contributed by atoms with van der Waals surface area (Å²) in [6, 6.07) is 2.79. The first kappa shape index (κ1) is 17.1. The van der Waals surface area contributed by atoms with Gasteiger partial charge >= 0.3 is 0 Å². The molecule has 1 atom stereocenters. The Kier molecular flexibility index (Phi) is 5.32. The third-order valence-electron chi connectivity index (χ3n) is 4.20. The lowest BCUT2D eigenvalue weighted by Crippen LogP contribution is -2.40. The van der Waals surface area contributed by atoms with Crippen molar-refractivity contribution in [2.24, 2.45) is 0 Å². The fourth-order valence-corrected chi connectivity index (χ4v) is 4.16. The zero-order valence-corrected chi connectivity index (χ0v) is 14.2. The number of morpholine rings is 1. The van der Waals surface area contributed by atoms with E-state index < -0.39 is 10.0 Å². The summed E-state index contributed by atoms with van der Waals surface area (Å²) in [7, 11) is -3.54. The molecule has 3 rings (SSSR count). The fourth-order valence-electron chi connectivity index (χ4n) is 2.81. The van der Waals surface area contributed by atoms with Crippen molar-refractivity contribution < 1.29 is 17.9 Å². The van der Waals surface area contributed by atoms with Crippen LogP contribution in [0.2, 0.25) is 0 Å². The summed E-state index contributed by atoms with van der Waals surface area (Å²) < 4.78 is 31.7. The second-order valence-corrected chi connectivity index (χ2v) is 7.82. The van der Waals surface area contributed by atoms with Gasteiger partial charge in [0.05, 0.1) is 13.2 Å². The van der Waals surface area contributed by atoms with E-state index in [0.717, 1.165) is 19.3 Å². The van der Waals surface area contributed by atoms with Crippen molar-refractivity contribution in [3.8, 4) is 0 Å². The van der Waals surface area contributed by atoms with Crippen LogP contribution in [0.15, 0.2) is 23.2 Å². The number of anilines is 1. The quantitative estimate of drug-likeness (QED) is 0.800. The van der Waals surface area contributed by atoms with Gasteiger partial charge in [0.2, 0.25) is 15.9 Å². The Labute approximate surface area is 141 Å². The molecule has 1 amide bonds. The number of nitrogens with zero attached hydrogens (tertiary/aromatic N) is 2. The molecule has 1 unspecified atom stereocenters. The zero-order valence-electron chi connectivity index (χ0n) is 13.4. The fraction of sp³-hybridized carbons (Fsp3) is 0.600. The number of nitrogens with one attached hydrogen (secondary N) is 2. The van der Waals surface area contributed by atoms with E-state index in [2.05, 4.69) is 15.6 Å². The van der Waals surface area contributed by atoms with Crippen LogP contribution in [-0.2, 0) is 19.6 Å². The molecule has 1 aromatic rings. The number of rotatable bonds is 4. The first-order chi connectivity index (χ1) is 11.6. The number of sulfonamides is 1. The lowest BCUT2D eigenvalue weighted by atomic mass is 10.1. The van der Waals surface area contributed by atoms with Crippen LogP contribution in [-0.4, -0.2) is 62.5 Å². The van der Waals surface area contributed by atoms with Crippen molar-refractivity contribution in [3.05, 3.63) is 18.3 Å². The number of carbonyl (C=O) groups excluding carboxylic acids is 1. The Morgan fingerprint density at radius 2 is 2.04 bits per heavy atom. The van der Waals surface area contributed by atoms with Gasteiger partial charge in [0.25, 0.3) is 0 Å². The van der Waals surface area contributed by atoms with E-state index in [1.165, 1.54) is 16.6 Å². The highest BCUT2D eigenvalue weighted by molar-refractivity contribution is 7.89. The number of aromatic nitrogens is 1. The standard InChI is InChI=1S/C15H22N4O4S/c20-15-13(3-1-2-6-16-15)18-14-5-4-12(11-17-14)24(21,22)19-7-9-23-10-8-19/h4-5,11,13H,1-3,6-10H2,(H,16,20)(H,17,18). The molecule has 2 fully saturated rings. The molecule has 24 heavy (non-hydrogen) atoms. The summed E-state index contributed by atoms with van der Waals surface area (Å²) in [5.41, 5.74) is 0. The van der Waals surface area contributed by atoms with Gasteiger partial charge in [-0.15, -0.1) is 0 Å². The van der Waals surface area contributed by atoms with E-state index in [-0.39, 0.29) is 16.8 Å². The Balaban J connectivity index is 1.69. The maximum Gasteiger partial charge on any atom is 0.244 e. The minimum absolute atomic E-state index is 0.0423. The van der Waals surface area contributed by atoms with Gasteiger partial charge in [0.1, 0.15) is 16.8 Å². The predicted molar refractivity (Wildman–Crippen MR) is 88.1 cm³/mol. The molecule has 132 valence electrons. The first-order valence-corrected chi connectivity index (χ1v) is 9.59. The Morgan fingerprint density at radius 3 is 2.75 bits per heavy atom. The highest BCUT2D eigenvalue weighted by Gasteiger charge is 2.27. The van der Waals surface area contributed by atoms with E-state index >= 15 is 0 Å². The monoisotopic (exact) mass is 354 g/mol. The molecule has 0 spiro atoms. The number of carbonyl (C=O) groups is 1. The maximum atomic E-state index is 12.5. The van der Waals surface area contributed by atoms with Crippen LogP contribution < -0.4 is 10.6 Å². The number of hydrogen-bond acceptors (Lipinski definition) is 6. The highest BCUT2D eigenvalue weighted by Crippen LogP contribution is 2.18. The van der Waals surface area contributed by atoms with Crippen LogP contribution in [0.25, 0.3) is 0 Å². The predicted octanol–water partition coefficient (Wildman–Crippen LogP) is 0.183. The topological polar surface area (TPSA) is 101 Å². The van der Waals surface area contributed by atoms with E-state index in [1.54, 1.807) is 6.07 Å². The molecule has 1 aromatic heterocycles. The van der Waals surface area contributed by atoms with Gasteiger partial charge in [-0.05, 0) is 31.4 Å². The van der Waals surface area contributed by atoms with Crippen LogP contribution in [0.4, 0.5) is 5.82 Å². The average molecular weight is 354 g/mol. The normalized spacial score (nSPS) is 23.3. The van der Waals surface area contributed by atoms with Crippen molar-refractivity contribution in [1.29, 1.82) is 0 Å². The van der Waals surface area contributed by atoms with Crippen molar-refractivity contribution in [1.82, 2.24) is 14.6 Å². The number of hydrogen-bond donors (Lipinski definition) is 2. The molecule has 2 aliphatic heterocycles. The minimum Gasteiger partial charge on any atom is -0.379 e. The molecule has 0 bridgehead atoms. The molecule has 2 aliphatic rings. The lowest BCUT2D eigenvalue weighted by Gasteiger charge is -2.26. The highest BCUT2D eigenvalue weighted by atomic mass is 32.2. The van der Waals surface area contributed by atoms with Gasteiger partial charge in [0.15, 0.2) is 0 Å². The molecule has 8 nitrogen and oxygen atoms in total. The second kappa shape index (κ2) is 7.45. The van der Waals surface area contributed by atoms with Crippen LogP contribution in [0.1, 0.15) is 19.3 Å². The number of amides is 1. The molecular formula is C15H22N4O4S. The summed E-state index contributed by atoms with van der Waals surface area (Å²) in [6.45, 7) is 2.21. The zero-order chi connectivity index (χ0) is 17.0. The lowest BCUT2D eigenvalue weighted by molar-refractivity contribution is -0.121. The molecule has 2 saturated heterocycles. The van der Waals surface area contributed by atoms with Crippen molar-refractivity contribution in [2.75, 3.05) is 38.2 Å². The molecule has 0 aliphatic carbocycles. The van der Waals surface area contributed by atoms with E-state index in [0.29, 0.717) is 38.7 Å². The smallest absolute Gasteiger partial charge is 0.244 e. The van der Waals surface area contributed by atoms with Crippen molar-refractivity contribution >= 4 is 21.7 Å². The number of ether oxygens (including phenoxy) is 1. The third-order valence-corrected chi connectivity index (χ3v) is 6.08. The van der Waals surface area contributed by atoms with E-state index in [1.807, 2.05) is 0 Å². The van der Waals surface area contributed by atoms with Gasteiger partial charge in [-0.3, -0.25) is 4.79 Å². The van der Waals surface area contributed by atoms with E-state index in [9.17, 15) is 13.2 Å². The average Bonchev–Trinajstić information content (AvgIpc) is 2.81. The van der Waals surface area contributed by atoms with Gasteiger partial charge in [-0.2, -0.15) is 4.31 Å². The molecule has 0 saturated carbocycles. The van der Waals surface area contributed by atoms with Crippen LogP contribution in [0.3, 0.4) is 0 Å². The van der Waals surface area contributed by atoms with E-state index in [4.69, 9.17) is 4.74 Å². The van der Waals surface area contributed by atoms with Crippen molar-refractivity contribution in [2.45, 2.75) is 30.2 Å². The molecule has 9 heteroatoms. The number of pyridine rings is 1. The summed E-state index contributed by atoms with van der Waals surface area (Å²) in [6.07, 6.45) is 4.00. The largest absolute Gasteiger partial charge is 0.379 e. The summed E-state index contributed by atoms with van der Waals surface area (Å²) in [5.74, 6) is 0.456.